The molecule has 3 aromatic heterocycles. The largest absolute Gasteiger partial charge is 0.469 e. The number of amides is 4. The van der Waals surface area contributed by atoms with Crippen molar-refractivity contribution < 1.29 is 28.7 Å². The Balaban J connectivity index is 1.09. The Morgan fingerprint density at radius 1 is 1.04 bits per heavy atom. The zero-order valence-corrected chi connectivity index (χ0v) is 30.9. The fourth-order valence-electron chi connectivity index (χ4n) is 6.20. The predicted molar refractivity (Wildman–Crippen MR) is 198 cm³/mol. The van der Waals surface area contributed by atoms with Crippen LogP contribution in [0.5, 0.6) is 0 Å². The minimum atomic E-state index is -0.799. The van der Waals surface area contributed by atoms with Crippen molar-refractivity contribution in [3.8, 4) is 5.00 Å². The second-order valence-corrected chi connectivity index (χ2v) is 14.0. The summed E-state index contributed by atoms with van der Waals surface area (Å²) in [6, 6.07) is 9.24. The predicted octanol–water partition coefficient (Wildman–Crippen LogP) is 4.00. The van der Waals surface area contributed by atoms with E-state index in [0.717, 1.165) is 41.0 Å². The molecule has 1 unspecified atom stereocenters. The second-order valence-electron chi connectivity index (χ2n) is 12.6. The molecule has 0 aliphatic carbocycles. The van der Waals surface area contributed by atoms with Gasteiger partial charge >= 0.3 is 5.97 Å². The lowest BCUT2D eigenvalue weighted by Gasteiger charge is -2.22. The molecule has 15 nitrogen and oxygen atoms in total. The number of unbranched alkanes of at least 4 members (excludes halogenated alkanes) is 2. The molecule has 6 rings (SSSR count). The standard InChI is InChI=1S/C36H38ClN9O6S/c1-19-28-29(21-9-11-22(37)12-10-21)41-25(18-27(48)52-3)32-45-44-20(2)46(32)36(28)53-31(19)35(51)40-16-6-4-5-15-38-23-8-7-17-39-30(23)34(50)42-24-13-14-26(47)43-33(24)49/h7-12,17,24-25,38H,4-6,13-16,18H2,1-3H3,(H,40,51)(H,42,50)(H,43,47,49)/t24?,25-/m0/s1. The Hall–Kier alpha value is -5.48. The number of methoxy groups -OCH3 is 1. The number of benzene rings is 1. The topological polar surface area (TPSA) is 199 Å². The molecule has 2 aliphatic heterocycles. The zero-order valence-electron chi connectivity index (χ0n) is 29.3. The maximum absolute atomic E-state index is 13.6. The summed E-state index contributed by atoms with van der Waals surface area (Å²) in [6.07, 6.45) is 4.12. The Morgan fingerprint density at radius 2 is 1.81 bits per heavy atom. The summed E-state index contributed by atoms with van der Waals surface area (Å²) in [7, 11) is 1.33. The number of halogens is 1. The van der Waals surface area contributed by atoms with Gasteiger partial charge in [-0.1, -0.05) is 23.7 Å². The van der Waals surface area contributed by atoms with E-state index in [9.17, 15) is 24.0 Å². The minimum absolute atomic E-state index is 0.0358. The molecule has 5 heterocycles. The Bertz CT molecular complexity index is 2090. The Labute approximate surface area is 314 Å². The average Bonchev–Trinajstić information content (AvgIpc) is 3.65. The number of aryl methyl sites for hydroxylation is 1. The van der Waals surface area contributed by atoms with Crippen LogP contribution in [0.3, 0.4) is 0 Å². The molecule has 1 fully saturated rings. The summed E-state index contributed by atoms with van der Waals surface area (Å²) >= 11 is 7.53. The molecule has 276 valence electrons. The average molecular weight is 760 g/mol. The summed E-state index contributed by atoms with van der Waals surface area (Å²) in [5, 5.41) is 21.2. The highest BCUT2D eigenvalue weighted by Crippen LogP contribution is 2.40. The quantitative estimate of drug-likeness (QED) is 0.0878. The Kier molecular flexibility index (Phi) is 11.6. The van der Waals surface area contributed by atoms with E-state index in [4.69, 9.17) is 21.3 Å². The molecule has 1 saturated heterocycles. The molecule has 0 bridgehead atoms. The highest BCUT2D eigenvalue weighted by molar-refractivity contribution is 7.17. The number of nitrogens with zero attached hydrogens (tertiary/aromatic N) is 5. The van der Waals surface area contributed by atoms with Crippen molar-refractivity contribution in [3.05, 3.63) is 86.5 Å². The number of aliphatic imine (C=N–C) groups is 1. The number of piperidine rings is 1. The smallest absolute Gasteiger partial charge is 0.308 e. The van der Waals surface area contributed by atoms with Crippen LogP contribution in [-0.2, 0) is 19.1 Å². The van der Waals surface area contributed by atoms with E-state index in [0.29, 0.717) is 46.0 Å². The first-order valence-electron chi connectivity index (χ1n) is 17.1. The van der Waals surface area contributed by atoms with Gasteiger partial charge in [-0.3, -0.25) is 38.8 Å². The van der Waals surface area contributed by atoms with Gasteiger partial charge in [0.2, 0.25) is 11.8 Å². The first-order chi connectivity index (χ1) is 25.5. The lowest BCUT2D eigenvalue weighted by Crippen LogP contribution is -2.52. The van der Waals surface area contributed by atoms with Crippen molar-refractivity contribution in [2.24, 2.45) is 4.99 Å². The number of hydrogen-bond acceptors (Lipinski definition) is 12. The van der Waals surface area contributed by atoms with Crippen LogP contribution in [0.4, 0.5) is 5.69 Å². The molecule has 0 saturated carbocycles. The van der Waals surface area contributed by atoms with Crippen LogP contribution in [0.2, 0.25) is 5.02 Å². The Morgan fingerprint density at radius 3 is 2.57 bits per heavy atom. The maximum Gasteiger partial charge on any atom is 0.308 e. The molecule has 17 heteroatoms. The molecular formula is C36H38ClN9O6S. The maximum atomic E-state index is 13.6. The molecule has 4 aromatic rings. The van der Waals surface area contributed by atoms with E-state index >= 15 is 0 Å². The van der Waals surface area contributed by atoms with Gasteiger partial charge in [-0.2, -0.15) is 0 Å². The second kappa shape index (κ2) is 16.5. The highest BCUT2D eigenvalue weighted by Gasteiger charge is 2.34. The van der Waals surface area contributed by atoms with E-state index in [1.165, 1.54) is 24.6 Å². The zero-order chi connectivity index (χ0) is 37.6. The van der Waals surface area contributed by atoms with Crippen LogP contribution < -0.4 is 21.3 Å². The van der Waals surface area contributed by atoms with Crippen molar-refractivity contribution >= 4 is 63.9 Å². The first kappa shape index (κ1) is 37.3. The van der Waals surface area contributed by atoms with Crippen molar-refractivity contribution in [2.45, 2.75) is 64.5 Å². The van der Waals surface area contributed by atoms with Crippen LogP contribution in [0.25, 0.3) is 5.00 Å². The molecule has 0 radical (unpaired) electrons. The third-order valence-electron chi connectivity index (χ3n) is 8.93. The van der Waals surface area contributed by atoms with Crippen molar-refractivity contribution in [3.63, 3.8) is 0 Å². The van der Waals surface area contributed by atoms with Crippen LogP contribution >= 0.6 is 22.9 Å². The number of rotatable bonds is 13. The van der Waals surface area contributed by atoms with Gasteiger partial charge in [0, 0.05) is 41.9 Å². The number of esters is 1. The number of ether oxygens (including phenoxy) is 1. The van der Waals surface area contributed by atoms with Crippen LogP contribution in [0, 0.1) is 13.8 Å². The fourth-order valence-corrected chi connectivity index (χ4v) is 7.61. The molecule has 53 heavy (non-hydrogen) atoms. The SMILES string of the molecule is COC(=O)C[C@@H]1N=C(c2ccc(Cl)cc2)c2c(sc(C(=O)NCCCCCNc3cccnc3C(=O)NC3CCC(=O)NC3=O)c2C)-n2c(C)nnc21. The van der Waals surface area contributed by atoms with E-state index in [-0.39, 0.29) is 36.8 Å². The van der Waals surface area contributed by atoms with Gasteiger partial charge in [0.15, 0.2) is 11.5 Å². The third-order valence-corrected chi connectivity index (χ3v) is 10.5. The van der Waals surface area contributed by atoms with Crippen LogP contribution in [0.15, 0.2) is 47.6 Å². The number of anilines is 1. The van der Waals surface area contributed by atoms with Crippen molar-refractivity contribution in [1.82, 2.24) is 35.7 Å². The fraction of sp³-hybridized carbons (Fsp3) is 0.361. The summed E-state index contributed by atoms with van der Waals surface area (Å²) in [6.45, 7) is 4.71. The summed E-state index contributed by atoms with van der Waals surface area (Å²) < 4.78 is 6.83. The van der Waals surface area contributed by atoms with Gasteiger partial charge in [0.1, 0.15) is 22.9 Å². The van der Waals surface area contributed by atoms with Crippen LogP contribution in [-0.4, -0.2) is 81.3 Å². The molecule has 4 amide bonds. The summed E-state index contributed by atoms with van der Waals surface area (Å²) in [4.78, 5) is 72.2. The molecule has 0 spiro atoms. The number of aromatic nitrogens is 4. The minimum Gasteiger partial charge on any atom is -0.469 e. The molecule has 2 atom stereocenters. The number of pyridine rings is 1. The highest BCUT2D eigenvalue weighted by atomic mass is 35.5. The first-order valence-corrected chi connectivity index (χ1v) is 18.3. The monoisotopic (exact) mass is 759 g/mol. The van der Waals surface area contributed by atoms with Gasteiger partial charge in [-0.15, -0.1) is 21.5 Å². The number of thiophene rings is 1. The number of carbonyl (C=O) groups excluding carboxylic acids is 5. The van der Waals surface area contributed by atoms with Gasteiger partial charge in [-0.25, -0.2) is 4.98 Å². The molecule has 4 N–H and O–H groups in total. The van der Waals surface area contributed by atoms with Crippen molar-refractivity contribution in [2.75, 3.05) is 25.5 Å². The van der Waals surface area contributed by atoms with E-state index in [1.54, 1.807) is 24.3 Å². The number of hydrogen-bond donors (Lipinski definition) is 4. The normalized spacial score (nSPS) is 16.4. The van der Waals surface area contributed by atoms with E-state index in [2.05, 4.69) is 36.4 Å². The van der Waals surface area contributed by atoms with Gasteiger partial charge < -0.3 is 20.7 Å². The summed E-state index contributed by atoms with van der Waals surface area (Å²) in [5.74, 6) is -0.964. The molecule has 1 aromatic carbocycles. The van der Waals surface area contributed by atoms with Crippen LogP contribution in [0.1, 0.15) is 93.1 Å². The summed E-state index contributed by atoms with van der Waals surface area (Å²) in [5.41, 5.74) is 3.57. The van der Waals surface area contributed by atoms with E-state index in [1.807, 2.05) is 30.5 Å². The number of nitrogens with one attached hydrogen (secondary N) is 4. The van der Waals surface area contributed by atoms with Gasteiger partial charge in [-0.05, 0) is 69.4 Å². The lowest BCUT2D eigenvalue weighted by atomic mass is 9.99. The number of imide groups is 1. The van der Waals surface area contributed by atoms with Gasteiger partial charge in [0.25, 0.3) is 11.8 Å². The third kappa shape index (κ3) is 8.28. The van der Waals surface area contributed by atoms with Crippen molar-refractivity contribution in [1.29, 1.82) is 0 Å². The number of carbonyl (C=O) groups is 5. The van der Waals surface area contributed by atoms with Gasteiger partial charge in [0.05, 0.1) is 29.8 Å². The number of fused-ring (bicyclic) bond motifs is 3. The molecule has 2 aliphatic rings. The van der Waals surface area contributed by atoms with E-state index < -0.39 is 29.9 Å². The molecular weight excluding hydrogens is 722 g/mol. The lowest BCUT2D eigenvalue weighted by molar-refractivity contribution is -0.141.